The Morgan fingerprint density at radius 1 is 1.47 bits per heavy atom. The molecule has 0 radical (unpaired) electrons. The highest BCUT2D eigenvalue weighted by molar-refractivity contribution is 6.30. The minimum atomic E-state index is -0.441. The van der Waals surface area contributed by atoms with Gasteiger partial charge >= 0.3 is 5.97 Å². The molecule has 0 bridgehead atoms. The maximum Gasteiger partial charge on any atom is 0.308 e. The second-order valence-corrected chi connectivity index (χ2v) is 4.55. The summed E-state index contributed by atoms with van der Waals surface area (Å²) in [4.78, 5) is 18.9. The third-order valence-electron chi connectivity index (χ3n) is 1.64. The number of carbonyl (C=O) groups excluding carboxylic acids is 1. The molecule has 0 unspecified atom stereocenters. The fourth-order valence-electron chi connectivity index (χ4n) is 0.935. The van der Waals surface area contributed by atoms with Crippen LogP contribution in [-0.2, 0) is 10.2 Å². The molecule has 0 aliphatic rings. The van der Waals surface area contributed by atoms with Gasteiger partial charge in [0.15, 0.2) is 10.9 Å². The molecule has 0 saturated heterocycles. The predicted octanol–water partition coefficient (Wildman–Crippen LogP) is 2.35. The van der Waals surface area contributed by atoms with E-state index in [1.54, 1.807) is 0 Å². The van der Waals surface area contributed by atoms with E-state index in [9.17, 15) is 4.79 Å². The zero-order chi connectivity index (χ0) is 11.6. The minimum Gasteiger partial charge on any atom is -0.422 e. The molecule has 0 aromatic carbocycles. The smallest absolute Gasteiger partial charge is 0.308 e. The van der Waals surface area contributed by atoms with E-state index < -0.39 is 5.97 Å². The summed E-state index contributed by atoms with van der Waals surface area (Å²) in [6, 6.07) is 0. The average Bonchev–Trinajstić information content (AvgIpc) is 2.05. The van der Waals surface area contributed by atoms with Crippen molar-refractivity contribution in [3.05, 3.63) is 17.2 Å². The van der Waals surface area contributed by atoms with Gasteiger partial charge in [0.05, 0.1) is 6.20 Å². The van der Waals surface area contributed by atoms with Crippen LogP contribution in [0.15, 0.2) is 6.20 Å². The summed E-state index contributed by atoms with van der Waals surface area (Å²) in [5, 5.41) is 0.158. The monoisotopic (exact) mass is 228 g/mol. The summed E-state index contributed by atoms with van der Waals surface area (Å²) in [5.74, 6) is 0.365. The van der Waals surface area contributed by atoms with Gasteiger partial charge in [-0.05, 0) is 0 Å². The second-order valence-electron chi connectivity index (χ2n) is 4.19. The van der Waals surface area contributed by atoms with Gasteiger partial charge in [-0.15, -0.1) is 0 Å². The van der Waals surface area contributed by atoms with Gasteiger partial charge in [0.25, 0.3) is 0 Å². The SMILES string of the molecule is CC(=O)Oc1cnc(C(C)(C)C)nc1Cl. The first-order valence-electron chi connectivity index (χ1n) is 4.52. The summed E-state index contributed by atoms with van der Waals surface area (Å²) < 4.78 is 4.82. The van der Waals surface area contributed by atoms with E-state index in [0.717, 1.165) is 0 Å². The Morgan fingerprint density at radius 2 is 2.07 bits per heavy atom. The number of hydrogen-bond acceptors (Lipinski definition) is 4. The van der Waals surface area contributed by atoms with Crippen LogP contribution >= 0.6 is 11.6 Å². The fourth-order valence-corrected chi connectivity index (χ4v) is 1.10. The average molecular weight is 229 g/mol. The lowest BCUT2D eigenvalue weighted by molar-refractivity contribution is -0.131. The lowest BCUT2D eigenvalue weighted by atomic mass is 9.96. The molecule has 0 fully saturated rings. The quantitative estimate of drug-likeness (QED) is 0.547. The van der Waals surface area contributed by atoms with Crippen molar-refractivity contribution in [2.24, 2.45) is 0 Å². The van der Waals surface area contributed by atoms with E-state index in [-0.39, 0.29) is 16.3 Å². The summed E-state index contributed by atoms with van der Waals surface area (Å²) >= 11 is 5.85. The van der Waals surface area contributed by atoms with Crippen LogP contribution in [0.3, 0.4) is 0 Å². The van der Waals surface area contributed by atoms with Crippen molar-refractivity contribution >= 4 is 17.6 Å². The van der Waals surface area contributed by atoms with Crippen LogP contribution in [0.5, 0.6) is 5.75 Å². The number of ether oxygens (including phenoxy) is 1. The van der Waals surface area contributed by atoms with E-state index in [0.29, 0.717) is 5.82 Å². The number of esters is 1. The molecule has 0 N–H and O–H groups in total. The highest BCUT2D eigenvalue weighted by Gasteiger charge is 2.19. The molecule has 5 heteroatoms. The molecule has 1 aromatic heterocycles. The first-order valence-corrected chi connectivity index (χ1v) is 4.90. The number of halogens is 1. The van der Waals surface area contributed by atoms with Crippen molar-refractivity contribution in [3.63, 3.8) is 0 Å². The molecule has 0 aliphatic carbocycles. The summed E-state index contributed by atoms with van der Waals surface area (Å²) in [6.07, 6.45) is 1.41. The Hall–Kier alpha value is -1.16. The Labute approximate surface area is 93.6 Å². The van der Waals surface area contributed by atoms with Crippen molar-refractivity contribution in [1.29, 1.82) is 0 Å². The van der Waals surface area contributed by atoms with E-state index in [2.05, 4.69) is 9.97 Å². The summed E-state index contributed by atoms with van der Waals surface area (Å²) in [5.41, 5.74) is -0.182. The minimum absolute atomic E-state index is 0.158. The topological polar surface area (TPSA) is 52.1 Å². The first kappa shape index (κ1) is 11.9. The third-order valence-corrected chi connectivity index (χ3v) is 1.91. The molecule has 0 spiro atoms. The Morgan fingerprint density at radius 3 is 2.47 bits per heavy atom. The van der Waals surface area contributed by atoms with E-state index in [1.807, 2.05) is 20.8 Å². The maximum absolute atomic E-state index is 10.7. The van der Waals surface area contributed by atoms with Crippen molar-refractivity contribution in [3.8, 4) is 5.75 Å². The van der Waals surface area contributed by atoms with Gasteiger partial charge in [-0.1, -0.05) is 32.4 Å². The van der Waals surface area contributed by atoms with Crippen molar-refractivity contribution in [2.75, 3.05) is 0 Å². The van der Waals surface area contributed by atoms with Crippen LogP contribution in [0.25, 0.3) is 0 Å². The molecule has 1 rings (SSSR count). The first-order chi connectivity index (χ1) is 6.80. The number of carbonyl (C=O) groups is 1. The zero-order valence-corrected chi connectivity index (χ0v) is 9.92. The number of rotatable bonds is 1. The Kier molecular flexibility index (Phi) is 3.29. The molecular weight excluding hydrogens is 216 g/mol. The highest BCUT2D eigenvalue weighted by Crippen LogP contribution is 2.25. The molecule has 1 heterocycles. The van der Waals surface area contributed by atoms with Gasteiger partial charge in [-0.25, -0.2) is 9.97 Å². The molecule has 15 heavy (non-hydrogen) atoms. The highest BCUT2D eigenvalue weighted by atomic mass is 35.5. The Bertz CT molecular complexity index is 385. The van der Waals surface area contributed by atoms with Crippen LogP contribution < -0.4 is 4.74 Å². The van der Waals surface area contributed by atoms with E-state index in [4.69, 9.17) is 16.3 Å². The molecule has 82 valence electrons. The van der Waals surface area contributed by atoms with Gasteiger partial charge in [0, 0.05) is 12.3 Å². The van der Waals surface area contributed by atoms with Crippen LogP contribution in [0, 0.1) is 0 Å². The molecule has 0 aliphatic heterocycles. The maximum atomic E-state index is 10.7. The molecule has 0 saturated carbocycles. The number of aromatic nitrogens is 2. The van der Waals surface area contributed by atoms with Crippen molar-refractivity contribution in [2.45, 2.75) is 33.1 Å². The molecule has 0 atom stereocenters. The van der Waals surface area contributed by atoms with Crippen LogP contribution in [0.4, 0.5) is 0 Å². The lowest BCUT2D eigenvalue weighted by Crippen LogP contribution is -2.16. The third kappa shape index (κ3) is 3.16. The lowest BCUT2D eigenvalue weighted by Gasteiger charge is -2.16. The molecule has 1 aromatic rings. The van der Waals surface area contributed by atoms with Crippen LogP contribution in [0.1, 0.15) is 33.5 Å². The normalized spacial score (nSPS) is 11.3. The number of nitrogens with zero attached hydrogens (tertiary/aromatic N) is 2. The van der Waals surface area contributed by atoms with Gasteiger partial charge in [0.2, 0.25) is 0 Å². The zero-order valence-electron chi connectivity index (χ0n) is 9.17. The van der Waals surface area contributed by atoms with Crippen LogP contribution in [-0.4, -0.2) is 15.9 Å². The second kappa shape index (κ2) is 4.14. The van der Waals surface area contributed by atoms with E-state index in [1.165, 1.54) is 13.1 Å². The van der Waals surface area contributed by atoms with Crippen molar-refractivity contribution in [1.82, 2.24) is 9.97 Å². The Balaban J connectivity index is 3.03. The van der Waals surface area contributed by atoms with Gasteiger partial charge in [-0.3, -0.25) is 4.79 Å². The molecular formula is C10H13ClN2O2. The van der Waals surface area contributed by atoms with Gasteiger partial charge in [-0.2, -0.15) is 0 Å². The standard InChI is InChI=1S/C10H13ClN2O2/c1-6(14)15-7-5-12-9(10(2,3)4)13-8(7)11/h5H,1-4H3. The predicted molar refractivity (Wildman–Crippen MR) is 57.1 cm³/mol. The van der Waals surface area contributed by atoms with Gasteiger partial charge in [0.1, 0.15) is 5.82 Å². The summed E-state index contributed by atoms with van der Waals surface area (Å²) in [7, 11) is 0. The molecule has 4 nitrogen and oxygen atoms in total. The van der Waals surface area contributed by atoms with Gasteiger partial charge < -0.3 is 4.74 Å². The molecule has 0 amide bonds. The van der Waals surface area contributed by atoms with Crippen molar-refractivity contribution < 1.29 is 9.53 Å². The van der Waals surface area contributed by atoms with E-state index >= 15 is 0 Å². The summed E-state index contributed by atoms with van der Waals surface area (Å²) in [6.45, 7) is 7.23. The largest absolute Gasteiger partial charge is 0.422 e. The fraction of sp³-hybridized carbons (Fsp3) is 0.500. The number of hydrogen-bond donors (Lipinski definition) is 0. The van der Waals surface area contributed by atoms with Crippen LogP contribution in [0.2, 0.25) is 5.15 Å².